The molecule has 18 heavy (non-hydrogen) atoms. The summed E-state index contributed by atoms with van der Waals surface area (Å²) in [5.41, 5.74) is 6.63. The van der Waals surface area contributed by atoms with Crippen LogP contribution in [0.5, 0.6) is 5.75 Å². The fourth-order valence-electron chi connectivity index (χ4n) is 1.60. The van der Waals surface area contributed by atoms with Crippen molar-refractivity contribution in [2.45, 2.75) is 39.3 Å². The topological polar surface area (TPSA) is 64.3 Å². The summed E-state index contributed by atoms with van der Waals surface area (Å²) in [7, 11) is 0. The van der Waals surface area contributed by atoms with E-state index in [2.05, 4.69) is 5.32 Å². The van der Waals surface area contributed by atoms with E-state index in [-0.39, 0.29) is 11.9 Å². The number of carbonyl (C=O) groups excluding carboxylic acids is 1. The van der Waals surface area contributed by atoms with Gasteiger partial charge in [-0.1, -0.05) is 12.1 Å². The lowest BCUT2D eigenvalue weighted by Crippen LogP contribution is -2.40. The minimum absolute atomic E-state index is 0.103. The van der Waals surface area contributed by atoms with Crippen molar-refractivity contribution in [1.29, 1.82) is 0 Å². The maximum Gasteiger partial charge on any atom is 0.260 e. The molecule has 4 heteroatoms. The summed E-state index contributed by atoms with van der Waals surface area (Å²) in [4.78, 5) is 11.7. The standard InChI is InChI=1S/C14H22N2O2/c1-10(2)16-14(17)11(3)18-13-6-4-5-12(9-13)7-8-15/h4-6,9-11H,7-8,15H2,1-3H3,(H,16,17). The second kappa shape index (κ2) is 7.01. The number of nitrogens with two attached hydrogens (primary N) is 1. The summed E-state index contributed by atoms with van der Waals surface area (Å²) < 4.78 is 5.61. The van der Waals surface area contributed by atoms with E-state index in [4.69, 9.17) is 10.5 Å². The van der Waals surface area contributed by atoms with Crippen LogP contribution in [0.15, 0.2) is 24.3 Å². The van der Waals surface area contributed by atoms with Gasteiger partial charge in [-0.15, -0.1) is 0 Å². The van der Waals surface area contributed by atoms with Gasteiger partial charge >= 0.3 is 0 Å². The van der Waals surface area contributed by atoms with Gasteiger partial charge in [-0.25, -0.2) is 0 Å². The first kappa shape index (κ1) is 14.5. The molecule has 0 fully saturated rings. The fourth-order valence-corrected chi connectivity index (χ4v) is 1.60. The molecule has 0 radical (unpaired) electrons. The molecule has 3 N–H and O–H groups in total. The van der Waals surface area contributed by atoms with Gasteiger partial charge in [-0.05, 0) is 51.4 Å². The number of rotatable bonds is 6. The van der Waals surface area contributed by atoms with E-state index in [9.17, 15) is 4.79 Å². The highest BCUT2D eigenvalue weighted by Gasteiger charge is 2.15. The monoisotopic (exact) mass is 250 g/mol. The third kappa shape index (κ3) is 4.75. The van der Waals surface area contributed by atoms with Crippen LogP contribution < -0.4 is 15.8 Å². The molecule has 0 saturated carbocycles. The number of ether oxygens (including phenoxy) is 1. The van der Waals surface area contributed by atoms with E-state index in [0.29, 0.717) is 12.3 Å². The average Bonchev–Trinajstić information content (AvgIpc) is 2.29. The number of carbonyl (C=O) groups is 1. The van der Waals surface area contributed by atoms with Crippen molar-refractivity contribution in [2.75, 3.05) is 6.54 Å². The van der Waals surface area contributed by atoms with Crippen molar-refractivity contribution in [3.8, 4) is 5.75 Å². The van der Waals surface area contributed by atoms with Crippen LogP contribution in [-0.2, 0) is 11.2 Å². The van der Waals surface area contributed by atoms with E-state index in [1.165, 1.54) is 0 Å². The first-order valence-electron chi connectivity index (χ1n) is 6.29. The van der Waals surface area contributed by atoms with E-state index >= 15 is 0 Å². The Morgan fingerprint density at radius 1 is 1.39 bits per heavy atom. The molecule has 0 spiro atoms. The normalized spacial score (nSPS) is 12.3. The zero-order chi connectivity index (χ0) is 13.5. The highest BCUT2D eigenvalue weighted by Crippen LogP contribution is 2.15. The number of nitrogens with one attached hydrogen (secondary N) is 1. The van der Waals surface area contributed by atoms with Crippen LogP contribution in [-0.4, -0.2) is 24.6 Å². The Morgan fingerprint density at radius 2 is 2.11 bits per heavy atom. The summed E-state index contributed by atoms with van der Waals surface area (Å²) >= 11 is 0. The number of benzene rings is 1. The molecule has 1 aromatic rings. The van der Waals surface area contributed by atoms with Crippen LogP contribution >= 0.6 is 0 Å². The van der Waals surface area contributed by atoms with Gasteiger partial charge in [0.2, 0.25) is 0 Å². The molecule has 1 unspecified atom stereocenters. The maximum atomic E-state index is 11.7. The largest absolute Gasteiger partial charge is 0.481 e. The van der Waals surface area contributed by atoms with Gasteiger partial charge < -0.3 is 15.8 Å². The summed E-state index contributed by atoms with van der Waals surface area (Å²) in [5.74, 6) is 0.599. The molecular weight excluding hydrogens is 228 g/mol. The molecule has 1 amide bonds. The summed E-state index contributed by atoms with van der Waals surface area (Å²) in [6.07, 6.45) is 0.310. The van der Waals surface area contributed by atoms with E-state index in [1.807, 2.05) is 38.1 Å². The van der Waals surface area contributed by atoms with Crippen molar-refractivity contribution in [1.82, 2.24) is 5.32 Å². The van der Waals surface area contributed by atoms with E-state index in [0.717, 1.165) is 12.0 Å². The van der Waals surface area contributed by atoms with Gasteiger partial charge in [0.05, 0.1) is 0 Å². The lowest BCUT2D eigenvalue weighted by molar-refractivity contribution is -0.127. The molecule has 0 aromatic heterocycles. The Morgan fingerprint density at radius 3 is 2.72 bits per heavy atom. The molecule has 4 nitrogen and oxygen atoms in total. The van der Waals surface area contributed by atoms with Crippen LogP contribution in [0.4, 0.5) is 0 Å². The van der Waals surface area contributed by atoms with Gasteiger partial charge in [0.1, 0.15) is 5.75 Å². The van der Waals surface area contributed by atoms with Crippen LogP contribution in [0.2, 0.25) is 0 Å². The maximum absolute atomic E-state index is 11.7. The Hall–Kier alpha value is -1.55. The second-order valence-corrected chi connectivity index (χ2v) is 4.61. The lowest BCUT2D eigenvalue weighted by atomic mass is 10.1. The SMILES string of the molecule is CC(C)NC(=O)C(C)Oc1cccc(CCN)c1. The second-order valence-electron chi connectivity index (χ2n) is 4.61. The molecular formula is C14H22N2O2. The third-order valence-electron chi connectivity index (χ3n) is 2.44. The molecule has 0 aliphatic rings. The third-order valence-corrected chi connectivity index (χ3v) is 2.44. The number of amides is 1. The first-order chi connectivity index (χ1) is 8.52. The Kier molecular flexibility index (Phi) is 5.65. The molecule has 1 atom stereocenters. The van der Waals surface area contributed by atoms with Gasteiger partial charge in [-0.3, -0.25) is 4.79 Å². The van der Waals surface area contributed by atoms with Crippen molar-refractivity contribution in [3.05, 3.63) is 29.8 Å². The van der Waals surface area contributed by atoms with Crippen molar-refractivity contribution in [2.24, 2.45) is 5.73 Å². The van der Waals surface area contributed by atoms with Gasteiger partial charge in [0.25, 0.3) is 5.91 Å². The van der Waals surface area contributed by atoms with Crippen molar-refractivity contribution in [3.63, 3.8) is 0 Å². The lowest BCUT2D eigenvalue weighted by Gasteiger charge is -2.16. The summed E-state index contributed by atoms with van der Waals surface area (Å²) in [5, 5.41) is 2.82. The minimum atomic E-state index is -0.500. The molecule has 1 aromatic carbocycles. The Labute approximate surface area is 109 Å². The smallest absolute Gasteiger partial charge is 0.260 e. The van der Waals surface area contributed by atoms with Gasteiger partial charge in [0.15, 0.2) is 6.10 Å². The highest BCUT2D eigenvalue weighted by molar-refractivity contribution is 5.80. The van der Waals surface area contributed by atoms with Crippen LogP contribution in [0, 0.1) is 0 Å². The predicted octanol–water partition coefficient (Wildman–Crippen LogP) is 1.48. The molecule has 0 aliphatic carbocycles. The molecule has 0 aliphatic heterocycles. The Balaban J connectivity index is 2.60. The fraction of sp³-hybridized carbons (Fsp3) is 0.500. The summed E-state index contributed by atoms with van der Waals surface area (Å²) in [6.45, 7) is 6.19. The van der Waals surface area contributed by atoms with Gasteiger partial charge in [0, 0.05) is 6.04 Å². The van der Waals surface area contributed by atoms with Crippen molar-refractivity contribution >= 4 is 5.91 Å². The predicted molar refractivity (Wildman–Crippen MR) is 72.6 cm³/mol. The molecule has 0 saturated heterocycles. The molecule has 0 heterocycles. The average molecular weight is 250 g/mol. The molecule has 100 valence electrons. The van der Waals surface area contributed by atoms with Crippen LogP contribution in [0.3, 0.4) is 0 Å². The van der Waals surface area contributed by atoms with Gasteiger partial charge in [-0.2, -0.15) is 0 Å². The Bertz CT molecular complexity index is 391. The van der Waals surface area contributed by atoms with E-state index in [1.54, 1.807) is 6.92 Å². The highest BCUT2D eigenvalue weighted by atomic mass is 16.5. The minimum Gasteiger partial charge on any atom is -0.481 e. The number of hydrogen-bond donors (Lipinski definition) is 2. The first-order valence-corrected chi connectivity index (χ1v) is 6.29. The zero-order valence-corrected chi connectivity index (χ0v) is 11.3. The van der Waals surface area contributed by atoms with Crippen LogP contribution in [0.25, 0.3) is 0 Å². The van der Waals surface area contributed by atoms with Crippen LogP contribution in [0.1, 0.15) is 26.3 Å². The quantitative estimate of drug-likeness (QED) is 0.803. The summed E-state index contributed by atoms with van der Waals surface area (Å²) in [6, 6.07) is 7.80. The molecule has 1 rings (SSSR count). The molecule has 0 bridgehead atoms. The van der Waals surface area contributed by atoms with Crippen molar-refractivity contribution < 1.29 is 9.53 Å². The number of hydrogen-bond acceptors (Lipinski definition) is 3. The van der Waals surface area contributed by atoms with E-state index < -0.39 is 6.10 Å². The zero-order valence-electron chi connectivity index (χ0n) is 11.3.